The Hall–Kier alpha value is -2.18. The summed E-state index contributed by atoms with van der Waals surface area (Å²) in [5.74, 6) is -0.419. The Balaban J connectivity index is 2.16. The number of hydrogen-bond acceptors (Lipinski definition) is 4. The van der Waals surface area contributed by atoms with Crippen LogP contribution in [0.25, 0.3) is 0 Å². The van der Waals surface area contributed by atoms with Crippen LogP contribution < -0.4 is 0 Å². The molecule has 0 N–H and O–H groups in total. The second kappa shape index (κ2) is 7.15. The van der Waals surface area contributed by atoms with E-state index in [0.717, 1.165) is 15.4 Å². The molecule has 0 spiro atoms. The molecule has 0 heterocycles. The molecule has 0 amide bonds. The lowest BCUT2D eigenvalue weighted by Gasteiger charge is -2.13. The predicted molar refractivity (Wildman–Crippen MR) is 92.4 cm³/mol. The van der Waals surface area contributed by atoms with Crippen LogP contribution in [0.3, 0.4) is 0 Å². The molecule has 0 aliphatic carbocycles. The fraction of sp³-hybridized carbons (Fsp3) is 0.278. The van der Waals surface area contributed by atoms with Crippen LogP contribution in [0.4, 0.5) is 0 Å². The smallest absolute Gasteiger partial charge is 0.338 e. The first-order valence-corrected chi connectivity index (χ1v) is 8.92. The lowest BCUT2D eigenvalue weighted by Crippen LogP contribution is -2.22. The van der Waals surface area contributed by atoms with Gasteiger partial charge in [-0.1, -0.05) is 24.3 Å². The molecule has 0 fully saturated rings. The average Bonchev–Trinajstić information content (AvgIpc) is 2.55. The van der Waals surface area contributed by atoms with Crippen LogP contribution in [0.1, 0.15) is 27.0 Å². The Kier molecular flexibility index (Phi) is 5.41. The summed E-state index contributed by atoms with van der Waals surface area (Å²) in [5.41, 5.74) is 3.04. The van der Waals surface area contributed by atoms with E-state index in [1.54, 1.807) is 18.2 Å². The molecule has 0 saturated carbocycles. The van der Waals surface area contributed by atoms with Crippen molar-refractivity contribution in [3.8, 4) is 0 Å². The number of rotatable bonds is 5. The number of benzene rings is 2. The predicted octanol–water partition coefficient (Wildman–Crippen LogP) is 2.91. The first-order chi connectivity index (χ1) is 11.2. The van der Waals surface area contributed by atoms with Crippen LogP contribution in [-0.4, -0.2) is 32.8 Å². The molecule has 0 atom stereocenters. The number of carbonyl (C=O) groups is 1. The van der Waals surface area contributed by atoms with Gasteiger partial charge in [0.15, 0.2) is 0 Å². The average molecular weight is 347 g/mol. The van der Waals surface area contributed by atoms with E-state index in [1.165, 1.54) is 26.2 Å². The lowest BCUT2D eigenvalue weighted by atomic mass is 10.0. The SMILES string of the molecule is Cc1cccc(C(=O)OCc2cccc(S(=O)(=O)N(C)C)c2)c1C. The molecule has 0 unspecified atom stereocenters. The van der Waals surface area contributed by atoms with Gasteiger partial charge in [-0.25, -0.2) is 17.5 Å². The molecule has 6 heteroatoms. The first kappa shape index (κ1) is 18.2. The van der Waals surface area contributed by atoms with Gasteiger partial charge >= 0.3 is 5.97 Å². The van der Waals surface area contributed by atoms with Crippen LogP contribution in [0.5, 0.6) is 0 Å². The minimum Gasteiger partial charge on any atom is -0.457 e. The molecule has 0 aliphatic rings. The summed E-state index contributed by atoms with van der Waals surface area (Å²) in [6.45, 7) is 3.82. The maximum Gasteiger partial charge on any atom is 0.338 e. The van der Waals surface area contributed by atoms with Crippen molar-refractivity contribution in [1.82, 2.24) is 4.31 Å². The van der Waals surface area contributed by atoms with Crippen LogP contribution in [0.2, 0.25) is 0 Å². The number of ether oxygens (including phenoxy) is 1. The molecule has 0 saturated heterocycles. The van der Waals surface area contributed by atoms with E-state index in [9.17, 15) is 13.2 Å². The summed E-state index contributed by atoms with van der Waals surface area (Å²) >= 11 is 0. The summed E-state index contributed by atoms with van der Waals surface area (Å²) in [6, 6.07) is 11.9. The fourth-order valence-electron chi connectivity index (χ4n) is 2.21. The summed E-state index contributed by atoms with van der Waals surface area (Å²) in [7, 11) is -0.560. The maximum absolute atomic E-state index is 12.2. The van der Waals surface area contributed by atoms with Gasteiger partial charge in [0.05, 0.1) is 10.5 Å². The molecule has 2 aromatic carbocycles. The molecule has 0 aromatic heterocycles. The van der Waals surface area contributed by atoms with Crippen molar-refractivity contribution in [2.45, 2.75) is 25.3 Å². The Morgan fingerprint density at radius 3 is 2.42 bits per heavy atom. The summed E-state index contributed by atoms with van der Waals surface area (Å²) in [6.07, 6.45) is 0. The van der Waals surface area contributed by atoms with Crippen molar-refractivity contribution in [2.75, 3.05) is 14.1 Å². The molecule has 0 radical (unpaired) electrons. The number of carbonyl (C=O) groups excluding carboxylic acids is 1. The van der Waals surface area contributed by atoms with Crippen molar-refractivity contribution in [3.05, 3.63) is 64.7 Å². The van der Waals surface area contributed by atoms with Crippen molar-refractivity contribution in [3.63, 3.8) is 0 Å². The van der Waals surface area contributed by atoms with Crippen molar-refractivity contribution < 1.29 is 17.9 Å². The zero-order valence-corrected chi connectivity index (χ0v) is 15.1. The van der Waals surface area contributed by atoms with Crippen LogP contribution in [0.15, 0.2) is 47.4 Å². The Labute approximate surface area is 142 Å². The molecule has 0 aliphatic heterocycles. The molecule has 2 aromatic rings. The van der Waals surface area contributed by atoms with Gasteiger partial charge in [-0.2, -0.15) is 0 Å². The molecular formula is C18H21NO4S. The Morgan fingerprint density at radius 1 is 1.08 bits per heavy atom. The van der Waals surface area contributed by atoms with Crippen molar-refractivity contribution in [2.24, 2.45) is 0 Å². The lowest BCUT2D eigenvalue weighted by molar-refractivity contribution is 0.0471. The zero-order valence-electron chi connectivity index (χ0n) is 14.2. The Morgan fingerprint density at radius 2 is 1.75 bits per heavy atom. The molecule has 0 bridgehead atoms. The number of hydrogen-bond donors (Lipinski definition) is 0. The van der Waals surface area contributed by atoms with Gasteiger partial charge in [-0.15, -0.1) is 0 Å². The van der Waals surface area contributed by atoms with Crippen LogP contribution in [-0.2, 0) is 21.4 Å². The standard InChI is InChI=1S/C18H21NO4S/c1-13-7-5-10-17(14(13)2)18(20)23-12-15-8-6-9-16(11-15)24(21,22)19(3)4/h5-11H,12H2,1-4H3. The van der Waals surface area contributed by atoms with Gasteiger partial charge in [0.2, 0.25) is 10.0 Å². The topological polar surface area (TPSA) is 63.7 Å². The third kappa shape index (κ3) is 3.83. The van der Waals surface area contributed by atoms with Gasteiger partial charge in [0, 0.05) is 14.1 Å². The number of esters is 1. The maximum atomic E-state index is 12.2. The van der Waals surface area contributed by atoms with Crippen LogP contribution >= 0.6 is 0 Å². The zero-order chi connectivity index (χ0) is 17.9. The first-order valence-electron chi connectivity index (χ1n) is 7.48. The van der Waals surface area contributed by atoms with Gasteiger partial charge in [0.1, 0.15) is 6.61 Å². The van der Waals surface area contributed by atoms with Crippen molar-refractivity contribution in [1.29, 1.82) is 0 Å². The van der Waals surface area contributed by atoms with Gasteiger partial charge in [0.25, 0.3) is 0 Å². The quantitative estimate of drug-likeness (QED) is 0.780. The second-order valence-electron chi connectivity index (χ2n) is 5.76. The van der Waals surface area contributed by atoms with E-state index in [2.05, 4.69) is 0 Å². The highest BCUT2D eigenvalue weighted by atomic mass is 32.2. The highest BCUT2D eigenvalue weighted by Gasteiger charge is 2.18. The number of aryl methyl sites for hydroxylation is 1. The summed E-state index contributed by atoms with van der Waals surface area (Å²) < 4.78 is 30.8. The minimum absolute atomic E-state index is 0.0169. The normalized spacial score (nSPS) is 11.5. The third-order valence-corrected chi connectivity index (χ3v) is 5.68. The van der Waals surface area contributed by atoms with Gasteiger partial charge in [-0.3, -0.25) is 0 Å². The van der Waals surface area contributed by atoms with Crippen molar-refractivity contribution >= 4 is 16.0 Å². The molecule has 24 heavy (non-hydrogen) atoms. The van der Waals surface area contributed by atoms with E-state index in [1.807, 2.05) is 26.0 Å². The van der Waals surface area contributed by atoms with Gasteiger partial charge < -0.3 is 4.74 Å². The summed E-state index contributed by atoms with van der Waals surface area (Å²) in [4.78, 5) is 12.4. The van der Waals surface area contributed by atoms with E-state index in [0.29, 0.717) is 11.1 Å². The fourth-order valence-corrected chi connectivity index (χ4v) is 3.18. The minimum atomic E-state index is -3.51. The highest BCUT2D eigenvalue weighted by Crippen LogP contribution is 2.17. The van der Waals surface area contributed by atoms with Crippen LogP contribution in [0, 0.1) is 13.8 Å². The highest BCUT2D eigenvalue weighted by molar-refractivity contribution is 7.89. The molecule has 5 nitrogen and oxygen atoms in total. The van der Waals surface area contributed by atoms with E-state index in [4.69, 9.17) is 4.74 Å². The second-order valence-corrected chi connectivity index (χ2v) is 7.91. The van der Waals surface area contributed by atoms with Gasteiger partial charge in [-0.05, 0) is 48.7 Å². The third-order valence-electron chi connectivity index (χ3n) is 3.87. The molecule has 128 valence electrons. The van der Waals surface area contributed by atoms with E-state index in [-0.39, 0.29) is 11.5 Å². The molecule has 2 rings (SSSR count). The number of nitrogens with zero attached hydrogens (tertiary/aromatic N) is 1. The number of sulfonamides is 1. The monoisotopic (exact) mass is 347 g/mol. The molecular weight excluding hydrogens is 326 g/mol. The summed E-state index contributed by atoms with van der Waals surface area (Å²) in [5, 5.41) is 0. The largest absolute Gasteiger partial charge is 0.457 e. The van der Waals surface area contributed by atoms with E-state index < -0.39 is 16.0 Å². The van der Waals surface area contributed by atoms with E-state index >= 15 is 0 Å². The Bertz CT molecular complexity index is 857.